The maximum absolute atomic E-state index is 12.4. The summed E-state index contributed by atoms with van der Waals surface area (Å²) in [5, 5.41) is 3.06. The molecular formula is C20H25N3O2. The monoisotopic (exact) mass is 339 g/mol. The Morgan fingerprint density at radius 1 is 1.24 bits per heavy atom. The minimum atomic E-state index is 0.0948. The van der Waals surface area contributed by atoms with Crippen molar-refractivity contribution in [2.45, 2.75) is 26.3 Å². The molecule has 0 aliphatic carbocycles. The van der Waals surface area contributed by atoms with Gasteiger partial charge in [0, 0.05) is 43.1 Å². The van der Waals surface area contributed by atoms with E-state index in [1.165, 1.54) is 5.69 Å². The number of nitrogens with zero attached hydrogens (tertiary/aromatic N) is 2. The van der Waals surface area contributed by atoms with Crippen LogP contribution in [0.2, 0.25) is 0 Å². The van der Waals surface area contributed by atoms with Gasteiger partial charge in [-0.25, -0.2) is 0 Å². The standard InChI is InChI=1S/C20H25N3O2/c1-15-13-18(7-10-21-15)23-11-8-17(9-12-23)20(24)22-14-16-3-5-19(25-2)6-4-16/h3-7,10,13,17H,8-9,11-12,14H2,1-2H3,(H,22,24). The highest BCUT2D eigenvalue weighted by molar-refractivity contribution is 5.79. The number of carbonyl (C=O) groups excluding carboxylic acids is 1. The highest BCUT2D eigenvalue weighted by Gasteiger charge is 2.25. The van der Waals surface area contributed by atoms with Crippen LogP contribution in [-0.2, 0) is 11.3 Å². The average Bonchev–Trinajstić information content (AvgIpc) is 2.66. The Morgan fingerprint density at radius 3 is 2.60 bits per heavy atom. The molecule has 0 unspecified atom stereocenters. The van der Waals surface area contributed by atoms with Crippen LogP contribution in [0.25, 0.3) is 0 Å². The average molecular weight is 339 g/mol. The normalized spacial score (nSPS) is 15.0. The number of carbonyl (C=O) groups is 1. The first-order valence-electron chi connectivity index (χ1n) is 8.74. The molecule has 2 aromatic rings. The van der Waals surface area contributed by atoms with Crippen LogP contribution in [-0.4, -0.2) is 31.1 Å². The minimum absolute atomic E-state index is 0.0948. The molecule has 1 N–H and O–H groups in total. The first kappa shape index (κ1) is 17.3. The van der Waals surface area contributed by atoms with E-state index >= 15 is 0 Å². The molecule has 3 rings (SSSR count). The Bertz CT molecular complexity index is 707. The quantitative estimate of drug-likeness (QED) is 0.910. The molecule has 1 aliphatic rings. The van der Waals surface area contributed by atoms with Gasteiger partial charge in [0.2, 0.25) is 5.91 Å². The number of piperidine rings is 1. The molecule has 2 heterocycles. The summed E-state index contributed by atoms with van der Waals surface area (Å²) in [6.07, 6.45) is 3.62. The van der Waals surface area contributed by atoms with E-state index in [0.29, 0.717) is 6.54 Å². The molecule has 1 saturated heterocycles. The molecule has 5 heteroatoms. The SMILES string of the molecule is COc1ccc(CNC(=O)C2CCN(c3ccnc(C)c3)CC2)cc1. The minimum Gasteiger partial charge on any atom is -0.497 e. The Morgan fingerprint density at radius 2 is 1.96 bits per heavy atom. The summed E-state index contributed by atoms with van der Waals surface area (Å²) in [5.41, 5.74) is 3.31. The third-order valence-corrected chi connectivity index (χ3v) is 4.74. The number of hydrogen-bond donors (Lipinski definition) is 1. The fourth-order valence-corrected chi connectivity index (χ4v) is 3.20. The molecule has 0 atom stereocenters. The van der Waals surface area contributed by atoms with E-state index < -0.39 is 0 Å². The molecule has 1 aromatic heterocycles. The van der Waals surface area contributed by atoms with Crippen LogP contribution in [0.15, 0.2) is 42.6 Å². The van der Waals surface area contributed by atoms with Crippen LogP contribution < -0.4 is 15.0 Å². The van der Waals surface area contributed by atoms with Gasteiger partial charge in [-0.1, -0.05) is 12.1 Å². The smallest absolute Gasteiger partial charge is 0.223 e. The number of amides is 1. The Kier molecular flexibility index (Phi) is 5.53. The van der Waals surface area contributed by atoms with Crippen molar-refractivity contribution in [2.75, 3.05) is 25.1 Å². The molecule has 1 aromatic carbocycles. The molecule has 25 heavy (non-hydrogen) atoms. The Labute approximate surface area is 149 Å². The fourth-order valence-electron chi connectivity index (χ4n) is 3.20. The largest absolute Gasteiger partial charge is 0.497 e. The van der Waals surface area contributed by atoms with Crippen molar-refractivity contribution in [1.82, 2.24) is 10.3 Å². The Balaban J connectivity index is 1.48. The van der Waals surface area contributed by atoms with Crippen molar-refractivity contribution in [2.24, 2.45) is 5.92 Å². The van der Waals surface area contributed by atoms with Crippen molar-refractivity contribution in [3.63, 3.8) is 0 Å². The summed E-state index contributed by atoms with van der Waals surface area (Å²) in [6, 6.07) is 11.9. The zero-order chi connectivity index (χ0) is 17.6. The topological polar surface area (TPSA) is 54.5 Å². The van der Waals surface area contributed by atoms with Crippen LogP contribution in [0.5, 0.6) is 5.75 Å². The van der Waals surface area contributed by atoms with Crippen molar-refractivity contribution < 1.29 is 9.53 Å². The van der Waals surface area contributed by atoms with Gasteiger partial charge in [0.15, 0.2) is 0 Å². The molecule has 132 valence electrons. The van der Waals surface area contributed by atoms with Crippen LogP contribution in [0.1, 0.15) is 24.1 Å². The number of rotatable bonds is 5. The summed E-state index contributed by atoms with van der Waals surface area (Å²) in [7, 11) is 1.65. The molecule has 1 aliphatic heterocycles. The second-order valence-corrected chi connectivity index (χ2v) is 6.48. The second kappa shape index (κ2) is 8.01. The van der Waals surface area contributed by atoms with Crippen molar-refractivity contribution >= 4 is 11.6 Å². The van der Waals surface area contributed by atoms with E-state index in [1.807, 2.05) is 43.5 Å². The van der Waals surface area contributed by atoms with E-state index in [0.717, 1.165) is 42.9 Å². The van der Waals surface area contributed by atoms with Gasteiger partial charge in [-0.15, -0.1) is 0 Å². The van der Waals surface area contributed by atoms with E-state index in [9.17, 15) is 4.79 Å². The highest BCUT2D eigenvalue weighted by atomic mass is 16.5. The third kappa shape index (κ3) is 4.50. The van der Waals surface area contributed by atoms with Gasteiger partial charge >= 0.3 is 0 Å². The molecule has 0 radical (unpaired) electrons. The van der Waals surface area contributed by atoms with Gasteiger partial charge in [0.25, 0.3) is 0 Å². The lowest BCUT2D eigenvalue weighted by Crippen LogP contribution is -2.40. The van der Waals surface area contributed by atoms with E-state index in [2.05, 4.69) is 21.3 Å². The summed E-state index contributed by atoms with van der Waals surface area (Å²) >= 11 is 0. The first-order chi connectivity index (χ1) is 12.2. The van der Waals surface area contributed by atoms with E-state index in [4.69, 9.17) is 4.74 Å². The number of benzene rings is 1. The fraction of sp³-hybridized carbons (Fsp3) is 0.400. The Hall–Kier alpha value is -2.56. The van der Waals surface area contributed by atoms with Gasteiger partial charge in [-0.3, -0.25) is 9.78 Å². The molecule has 5 nitrogen and oxygen atoms in total. The zero-order valence-corrected chi connectivity index (χ0v) is 14.9. The maximum Gasteiger partial charge on any atom is 0.223 e. The predicted molar refractivity (Wildman–Crippen MR) is 98.8 cm³/mol. The highest BCUT2D eigenvalue weighted by Crippen LogP contribution is 2.23. The van der Waals surface area contributed by atoms with Gasteiger partial charge in [-0.2, -0.15) is 0 Å². The maximum atomic E-state index is 12.4. The molecule has 0 bridgehead atoms. The number of anilines is 1. The lowest BCUT2D eigenvalue weighted by molar-refractivity contribution is -0.125. The number of pyridine rings is 1. The van der Waals surface area contributed by atoms with Crippen LogP contribution in [0, 0.1) is 12.8 Å². The van der Waals surface area contributed by atoms with E-state index in [1.54, 1.807) is 7.11 Å². The first-order valence-corrected chi connectivity index (χ1v) is 8.74. The molecule has 0 spiro atoms. The number of aromatic nitrogens is 1. The van der Waals surface area contributed by atoms with Crippen molar-refractivity contribution in [3.8, 4) is 5.75 Å². The molecule has 1 amide bonds. The van der Waals surface area contributed by atoms with Crippen molar-refractivity contribution in [3.05, 3.63) is 53.9 Å². The lowest BCUT2D eigenvalue weighted by Gasteiger charge is -2.33. The van der Waals surface area contributed by atoms with Gasteiger partial charge < -0.3 is 15.0 Å². The number of aryl methyl sites for hydroxylation is 1. The predicted octanol–water partition coefficient (Wildman–Crippen LogP) is 2.93. The van der Waals surface area contributed by atoms with E-state index in [-0.39, 0.29) is 11.8 Å². The zero-order valence-electron chi connectivity index (χ0n) is 14.9. The van der Waals surface area contributed by atoms with Crippen LogP contribution in [0.4, 0.5) is 5.69 Å². The van der Waals surface area contributed by atoms with Crippen LogP contribution in [0.3, 0.4) is 0 Å². The summed E-state index contributed by atoms with van der Waals surface area (Å²) in [4.78, 5) is 19.0. The lowest BCUT2D eigenvalue weighted by atomic mass is 9.95. The number of hydrogen-bond acceptors (Lipinski definition) is 4. The van der Waals surface area contributed by atoms with Gasteiger partial charge in [0.1, 0.15) is 5.75 Å². The van der Waals surface area contributed by atoms with Gasteiger partial charge in [-0.05, 0) is 49.6 Å². The summed E-state index contributed by atoms with van der Waals surface area (Å²) < 4.78 is 5.15. The number of nitrogens with one attached hydrogen (secondary N) is 1. The summed E-state index contributed by atoms with van der Waals surface area (Å²) in [5.74, 6) is 1.08. The van der Waals surface area contributed by atoms with Crippen LogP contribution >= 0.6 is 0 Å². The second-order valence-electron chi connectivity index (χ2n) is 6.48. The number of methoxy groups -OCH3 is 1. The number of ether oxygens (including phenoxy) is 1. The van der Waals surface area contributed by atoms with Crippen molar-refractivity contribution in [1.29, 1.82) is 0 Å². The van der Waals surface area contributed by atoms with Gasteiger partial charge in [0.05, 0.1) is 7.11 Å². The molecular weight excluding hydrogens is 314 g/mol. The molecule has 1 fully saturated rings. The summed E-state index contributed by atoms with van der Waals surface area (Å²) in [6.45, 7) is 4.38. The third-order valence-electron chi connectivity index (χ3n) is 4.74. The molecule has 0 saturated carbocycles.